The Morgan fingerprint density at radius 1 is 0.919 bits per heavy atom. The zero-order valence-corrected chi connectivity index (χ0v) is 24.6. The summed E-state index contributed by atoms with van der Waals surface area (Å²) in [5.74, 6) is 1.62. The lowest BCUT2D eigenvalue weighted by Gasteiger charge is -2.38. The van der Waals surface area contributed by atoms with Gasteiger partial charge in [-0.25, -0.2) is 0 Å². The molecular formula is C32H52O5. The zero-order valence-electron chi connectivity index (χ0n) is 24.6. The maximum Gasteiger partial charge on any atom is 0.311 e. The van der Waals surface area contributed by atoms with Crippen LogP contribution in [0.15, 0.2) is 0 Å². The van der Waals surface area contributed by atoms with Crippen LogP contribution in [-0.2, 0) is 16.0 Å². The molecule has 0 amide bonds. The second-order valence-electron chi connectivity index (χ2n) is 12.0. The van der Waals surface area contributed by atoms with E-state index in [1.807, 2.05) is 20.8 Å². The van der Waals surface area contributed by atoms with Gasteiger partial charge < -0.3 is 14.6 Å². The number of aliphatic carboxylic acids is 1. The molecule has 0 bridgehead atoms. The number of carboxylic acid groups (broad SMARTS) is 1. The van der Waals surface area contributed by atoms with Gasteiger partial charge in [0.05, 0.1) is 12.8 Å². The Morgan fingerprint density at radius 3 is 2.16 bits per heavy atom. The molecule has 3 atom stereocenters. The van der Waals surface area contributed by atoms with Gasteiger partial charge in [-0.2, -0.15) is 0 Å². The summed E-state index contributed by atoms with van der Waals surface area (Å²) in [5, 5.41) is 8.85. The summed E-state index contributed by atoms with van der Waals surface area (Å²) in [6.45, 7) is 15.3. The van der Waals surface area contributed by atoms with Crippen molar-refractivity contribution in [1.29, 1.82) is 0 Å². The Labute approximate surface area is 225 Å². The number of carbonyl (C=O) groups excluding carboxylic acids is 1. The van der Waals surface area contributed by atoms with Crippen molar-refractivity contribution in [3.8, 4) is 11.5 Å². The molecule has 0 saturated carbocycles. The summed E-state index contributed by atoms with van der Waals surface area (Å²) in [6, 6.07) is 0. The second-order valence-corrected chi connectivity index (χ2v) is 12.0. The number of carbonyl (C=O) groups is 2. The highest BCUT2D eigenvalue weighted by molar-refractivity contribution is 5.79. The molecule has 0 saturated heterocycles. The first-order chi connectivity index (χ1) is 17.5. The molecule has 1 aliphatic rings. The molecule has 5 nitrogen and oxygen atoms in total. The van der Waals surface area contributed by atoms with Gasteiger partial charge in [-0.15, -0.1) is 0 Å². The zero-order chi connectivity index (χ0) is 27.6. The summed E-state index contributed by atoms with van der Waals surface area (Å²) in [5.41, 5.74) is 3.77. The first-order valence-electron chi connectivity index (χ1n) is 14.7. The number of hydrogen-bond donors (Lipinski definition) is 1. The van der Waals surface area contributed by atoms with Crippen LogP contribution in [-0.4, -0.2) is 22.6 Å². The maximum absolute atomic E-state index is 12.2. The molecule has 0 fully saturated rings. The van der Waals surface area contributed by atoms with Gasteiger partial charge >= 0.3 is 11.9 Å². The minimum Gasteiger partial charge on any atom is -0.487 e. The number of benzene rings is 1. The highest BCUT2D eigenvalue weighted by atomic mass is 16.5. The first kappa shape index (κ1) is 31.2. The van der Waals surface area contributed by atoms with E-state index in [-0.39, 0.29) is 18.4 Å². The van der Waals surface area contributed by atoms with Gasteiger partial charge in [0.2, 0.25) is 0 Å². The lowest BCUT2D eigenvalue weighted by atomic mass is 9.83. The molecular weight excluding hydrogens is 464 g/mol. The van der Waals surface area contributed by atoms with Crippen molar-refractivity contribution >= 4 is 11.9 Å². The molecule has 1 N–H and O–H groups in total. The van der Waals surface area contributed by atoms with Crippen LogP contribution in [0.1, 0.15) is 133 Å². The van der Waals surface area contributed by atoms with E-state index >= 15 is 0 Å². The summed E-state index contributed by atoms with van der Waals surface area (Å²) in [4.78, 5) is 23.0. The fourth-order valence-corrected chi connectivity index (χ4v) is 5.66. The van der Waals surface area contributed by atoms with E-state index in [9.17, 15) is 9.59 Å². The molecule has 2 rings (SSSR count). The number of ether oxygens (including phenoxy) is 2. The summed E-state index contributed by atoms with van der Waals surface area (Å²) >= 11 is 0. The van der Waals surface area contributed by atoms with Gasteiger partial charge in [-0.3, -0.25) is 9.59 Å². The third kappa shape index (κ3) is 9.65. The van der Waals surface area contributed by atoms with E-state index < -0.39 is 11.9 Å². The first-order valence-corrected chi connectivity index (χ1v) is 14.7. The summed E-state index contributed by atoms with van der Waals surface area (Å²) in [7, 11) is 0. The Bertz CT molecular complexity index is 905. The molecule has 1 aliphatic heterocycles. The van der Waals surface area contributed by atoms with Crippen molar-refractivity contribution in [3.63, 3.8) is 0 Å². The molecule has 0 spiro atoms. The van der Waals surface area contributed by atoms with Gasteiger partial charge in [0.25, 0.3) is 0 Å². The van der Waals surface area contributed by atoms with E-state index in [1.54, 1.807) is 0 Å². The average Bonchev–Trinajstić information content (AvgIpc) is 2.84. The Kier molecular flexibility index (Phi) is 12.5. The van der Waals surface area contributed by atoms with Crippen LogP contribution < -0.4 is 9.47 Å². The van der Waals surface area contributed by atoms with Gasteiger partial charge in [0.1, 0.15) is 17.1 Å². The highest BCUT2D eigenvalue weighted by Crippen LogP contribution is 2.45. The van der Waals surface area contributed by atoms with Crippen molar-refractivity contribution in [3.05, 3.63) is 22.3 Å². The molecule has 0 unspecified atom stereocenters. The molecule has 5 heteroatoms. The topological polar surface area (TPSA) is 72.8 Å². The van der Waals surface area contributed by atoms with Crippen LogP contribution in [0.4, 0.5) is 0 Å². The van der Waals surface area contributed by atoms with Crippen molar-refractivity contribution in [2.45, 2.75) is 144 Å². The number of unbranched alkanes of at least 4 members (excludes halogenated alkanes) is 2. The Balaban J connectivity index is 1.89. The van der Waals surface area contributed by atoms with Crippen LogP contribution in [0.5, 0.6) is 11.5 Å². The van der Waals surface area contributed by atoms with Crippen LogP contribution >= 0.6 is 0 Å². The lowest BCUT2D eigenvalue weighted by Crippen LogP contribution is -2.37. The fraction of sp³-hybridized carbons (Fsp3) is 0.750. The normalized spacial score (nSPS) is 18.6. The number of esters is 1. The Hall–Kier alpha value is -2.04. The van der Waals surface area contributed by atoms with Crippen molar-refractivity contribution in [1.82, 2.24) is 0 Å². The standard InChI is InChI=1S/C32H52O5/c1-8-9-10-13-22(2)14-11-15-23(3)16-12-20-32(7)21-19-27-26(6)30(24(4)25(5)31(27)37-32)36-29(35)18-17-28(33)34/h22-23H,8-21H2,1-7H3,(H,33,34)/t22-,23-,32-/m1/s1. The highest BCUT2D eigenvalue weighted by Gasteiger charge is 2.34. The molecule has 1 aromatic rings. The lowest BCUT2D eigenvalue weighted by molar-refractivity contribution is -0.142. The van der Waals surface area contributed by atoms with Crippen LogP contribution in [0.3, 0.4) is 0 Å². The quantitative estimate of drug-likeness (QED) is 0.135. The largest absolute Gasteiger partial charge is 0.487 e. The average molecular weight is 517 g/mol. The summed E-state index contributed by atoms with van der Waals surface area (Å²) in [6.07, 6.45) is 14.4. The molecule has 1 heterocycles. The molecule has 0 radical (unpaired) electrons. The van der Waals surface area contributed by atoms with Crippen molar-refractivity contribution < 1.29 is 24.2 Å². The number of hydrogen-bond acceptors (Lipinski definition) is 4. The van der Waals surface area contributed by atoms with E-state index in [1.165, 1.54) is 57.8 Å². The van der Waals surface area contributed by atoms with Crippen LogP contribution in [0.2, 0.25) is 0 Å². The number of fused-ring (bicyclic) bond motifs is 1. The van der Waals surface area contributed by atoms with E-state index in [2.05, 4.69) is 27.7 Å². The molecule has 0 aromatic heterocycles. The fourth-order valence-electron chi connectivity index (χ4n) is 5.66. The SMILES string of the molecule is CCCCC[C@@H](C)CCC[C@@H](C)CCC[C@]1(C)CCc2c(C)c(OC(=O)CCC(=O)O)c(C)c(C)c2O1. The number of carboxylic acids is 1. The molecule has 37 heavy (non-hydrogen) atoms. The predicted octanol–water partition coefficient (Wildman–Crippen LogP) is 8.66. The number of rotatable bonds is 16. The predicted molar refractivity (Wildman–Crippen MR) is 151 cm³/mol. The maximum atomic E-state index is 12.2. The molecule has 210 valence electrons. The van der Waals surface area contributed by atoms with Gasteiger partial charge in [-0.05, 0) is 81.9 Å². The minimum absolute atomic E-state index is 0.130. The van der Waals surface area contributed by atoms with E-state index in [0.29, 0.717) is 5.75 Å². The van der Waals surface area contributed by atoms with Gasteiger partial charge in [0, 0.05) is 5.56 Å². The van der Waals surface area contributed by atoms with E-state index in [4.69, 9.17) is 14.6 Å². The second kappa shape index (κ2) is 14.8. The molecule has 0 aliphatic carbocycles. The monoisotopic (exact) mass is 516 g/mol. The van der Waals surface area contributed by atoms with Crippen LogP contribution in [0.25, 0.3) is 0 Å². The third-order valence-corrected chi connectivity index (χ3v) is 8.42. The molecule has 1 aromatic carbocycles. The van der Waals surface area contributed by atoms with E-state index in [0.717, 1.165) is 59.1 Å². The third-order valence-electron chi connectivity index (χ3n) is 8.42. The van der Waals surface area contributed by atoms with Crippen LogP contribution in [0, 0.1) is 32.6 Å². The summed E-state index contributed by atoms with van der Waals surface area (Å²) < 4.78 is 12.3. The van der Waals surface area contributed by atoms with Gasteiger partial charge in [-0.1, -0.05) is 72.1 Å². The minimum atomic E-state index is -0.999. The van der Waals surface area contributed by atoms with Gasteiger partial charge in [0.15, 0.2) is 0 Å². The van der Waals surface area contributed by atoms with Crippen molar-refractivity contribution in [2.24, 2.45) is 11.8 Å². The van der Waals surface area contributed by atoms with Crippen molar-refractivity contribution in [2.75, 3.05) is 0 Å². The smallest absolute Gasteiger partial charge is 0.311 e. The Morgan fingerprint density at radius 2 is 1.54 bits per heavy atom.